The molecule has 4 N–H and O–H groups in total. The molecule has 0 bridgehead atoms. The maximum Gasteiger partial charge on any atom is 0.222 e. The number of anilines is 2. The molecule has 1 heterocycles. The van der Waals surface area contributed by atoms with Crippen LogP contribution in [0.2, 0.25) is 0 Å². The first-order valence-electron chi connectivity index (χ1n) is 5.63. The number of carbonyl (C=O) groups excluding carboxylic acids is 1. The van der Waals surface area contributed by atoms with Crippen LogP contribution in [0.5, 0.6) is 0 Å². The Morgan fingerprint density at radius 3 is 2.76 bits per heavy atom. The topological polar surface area (TPSA) is 80.0 Å². The summed E-state index contributed by atoms with van der Waals surface area (Å²) in [7, 11) is 0. The van der Waals surface area contributed by atoms with Crippen LogP contribution < -0.4 is 16.4 Å². The number of nitrogens with one attached hydrogen (secondary N) is 2. The SMILES string of the molecule is CC(C)(C)NC(=O)CCNc1ccnc(N)c1. The highest BCUT2D eigenvalue weighted by Crippen LogP contribution is 2.08. The van der Waals surface area contributed by atoms with E-state index >= 15 is 0 Å². The smallest absolute Gasteiger partial charge is 0.222 e. The number of hydrogen-bond donors (Lipinski definition) is 3. The monoisotopic (exact) mass is 236 g/mol. The number of carbonyl (C=O) groups is 1. The highest BCUT2D eigenvalue weighted by molar-refractivity contribution is 5.77. The molecule has 0 saturated heterocycles. The molecule has 17 heavy (non-hydrogen) atoms. The predicted molar refractivity (Wildman–Crippen MR) is 69.7 cm³/mol. The van der Waals surface area contributed by atoms with E-state index < -0.39 is 0 Å². The quantitative estimate of drug-likeness (QED) is 0.738. The van der Waals surface area contributed by atoms with Gasteiger partial charge in [0.05, 0.1) is 0 Å². The van der Waals surface area contributed by atoms with E-state index in [0.717, 1.165) is 5.69 Å². The third-order valence-corrected chi connectivity index (χ3v) is 1.98. The van der Waals surface area contributed by atoms with E-state index in [0.29, 0.717) is 18.8 Å². The van der Waals surface area contributed by atoms with Crippen molar-refractivity contribution in [3.8, 4) is 0 Å². The molecule has 0 atom stereocenters. The first kappa shape index (κ1) is 13.3. The molecule has 1 aromatic heterocycles. The molecule has 0 radical (unpaired) electrons. The van der Waals surface area contributed by atoms with Gasteiger partial charge in [-0.2, -0.15) is 0 Å². The van der Waals surface area contributed by atoms with E-state index in [-0.39, 0.29) is 11.4 Å². The standard InChI is InChI=1S/C12H20N4O/c1-12(2,3)16-11(17)5-7-14-9-4-6-15-10(13)8-9/h4,6,8H,5,7H2,1-3H3,(H,16,17)(H3,13,14,15). The lowest BCUT2D eigenvalue weighted by molar-refractivity contribution is -0.122. The van der Waals surface area contributed by atoms with Gasteiger partial charge in [-0.3, -0.25) is 4.79 Å². The van der Waals surface area contributed by atoms with Crippen LogP contribution in [-0.4, -0.2) is 23.0 Å². The molecule has 0 unspecified atom stereocenters. The second-order valence-corrected chi connectivity index (χ2v) is 4.94. The Bertz CT molecular complexity index is 384. The molecule has 1 aromatic rings. The Balaban J connectivity index is 2.31. The van der Waals surface area contributed by atoms with Crippen molar-refractivity contribution in [2.24, 2.45) is 0 Å². The Kier molecular flexibility index (Phi) is 4.31. The van der Waals surface area contributed by atoms with Crippen molar-refractivity contribution in [3.63, 3.8) is 0 Å². The fourth-order valence-corrected chi connectivity index (χ4v) is 1.36. The predicted octanol–water partition coefficient (Wildman–Crippen LogP) is 1.38. The number of nitrogen functional groups attached to an aromatic ring is 1. The summed E-state index contributed by atoms with van der Waals surface area (Å²) in [5.74, 6) is 0.501. The second-order valence-electron chi connectivity index (χ2n) is 4.94. The van der Waals surface area contributed by atoms with Crippen molar-refractivity contribution in [1.29, 1.82) is 0 Å². The van der Waals surface area contributed by atoms with E-state index in [1.807, 2.05) is 26.8 Å². The van der Waals surface area contributed by atoms with Crippen molar-refractivity contribution in [3.05, 3.63) is 18.3 Å². The fourth-order valence-electron chi connectivity index (χ4n) is 1.36. The van der Waals surface area contributed by atoms with E-state index in [2.05, 4.69) is 15.6 Å². The average molecular weight is 236 g/mol. The number of aromatic nitrogens is 1. The number of hydrogen-bond acceptors (Lipinski definition) is 4. The van der Waals surface area contributed by atoms with Crippen molar-refractivity contribution < 1.29 is 4.79 Å². The van der Waals surface area contributed by atoms with Gasteiger partial charge in [0.2, 0.25) is 5.91 Å². The molecule has 1 rings (SSSR count). The van der Waals surface area contributed by atoms with Crippen LogP contribution in [0.4, 0.5) is 11.5 Å². The normalized spacial score (nSPS) is 11.0. The fraction of sp³-hybridized carbons (Fsp3) is 0.500. The molecule has 1 amide bonds. The number of rotatable bonds is 4. The van der Waals surface area contributed by atoms with Gasteiger partial charge < -0.3 is 16.4 Å². The van der Waals surface area contributed by atoms with Crippen molar-refractivity contribution >= 4 is 17.4 Å². The van der Waals surface area contributed by atoms with E-state index in [1.54, 1.807) is 12.3 Å². The number of amides is 1. The third-order valence-electron chi connectivity index (χ3n) is 1.98. The second kappa shape index (κ2) is 5.52. The van der Waals surface area contributed by atoms with Crippen LogP contribution in [0.1, 0.15) is 27.2 Å². The van der Waals surface area contributed by atoms with Crippen molar-refractivity contribution in [1.82, 2.24) is 10.3 Å². The minimum Gasteiger partial charge on any atom is -0.384 e. The Morgan fingerprint density at radius 2 is 2.18 bits per heavy atom. The Labute approximate surface area is 102 Å². The highest BCUT2D eigenvalue weighted by atomic mass is 16.1. The first-order valence-corrected chi connectivity index (χ1v) is 5.63. The highest BCUT2D eigenvalue weighted by Gasteiger charge is 2.12. The summed E-state index contributed by atoms with van der Waals surface area (Å²) in [5, 5.41) is 6.02. The Morgan fingerprint density at radius 1 is 1.47 bits per heavy atom. The van der Waals surface area contributed by atoms with Crippen molar-refractivity contribution in [2.75, 3.05) is 17.6 Å². The first-order chi connectivity index (χ1) is 7.87. The Hall–Kier alpha value is -1.78. The van der Waals surface area contributed by atoms with E-state index in [1.165, 1.54) is 0 Å². The summed E-state index contributed by atoms with van der Waals surface area (Å²) < 4.78 is 0. The molecule has 0 saturated carbocycles. The van der Waals surface area contributed by atoms with Gasteiger partial charge in [0, 0.05) is 36.5 Å². The van der Waals surface area contributed by atoms with Gasteiger partial charge >= 0.3 is 0 Å². The van der Waals surface area contributed by atoms with Crippen LogP contribution in [-0.2, 0) is 4.79 Å². The summed E-state index contributed by atoms with van der Waals surface area (Å²) in [5.41, 5.74) is 6.24. The lowest BCUT2D eigenvalue weighted by Crippen LogP contribution is -2.41. The molecular weight excluding hydrogens is 216 g/mol. The number of nitrogens with two attached hydrogens (primary N) is 1. The van der Waals surface area contributed by atoms with Gasteiger partial charge in [-0.25, -0.2) is 4.98 Å². The van der Waals surface area contributed by atoms with E-state index in [9.17, 15) is 4.79 Å². The summed E-state index contributed by atoms with van der Waals surface area (Å²) in [6, 6.07) is 3.56. The van der Waals surface area contributed by atoms with Gasteiger partial charge in [0.25, 0.3) is 0 Å². The lowest BCUT2D eigenvalue weighted by Gasteiger charge is -2.20. The minimum atomic E-state index is -0.182. The van der Waals surface area contributed by atoms with Gasteiger partial charge in [-0.1, -0.05) is 0 Å². The lowest BCUT2D eigenvalue weighted by atomic mass is 10.1. The molecule has 94 valence electrons. The van der Waals surface area contributed by atoms with Crippen LogP contribution in [0.15, 0.2) is 18.3 Å². The molecule has 0 fully saturated rings. The average Bonchev–Trinajstić information content (AvgIpc) is 2.14. The van der Waals surface area contributed by atoms with Crippen LogP contribution >= 0.6 is 0 Å². The van der Waals surface area contributed by atoms with Crippen LogP contribution in [0, 0.1) is 0 Å². The molecule has 5 heteroatoms. The molecule has 0 aliphatic rings. The molecule has 0 spiro atoms. The maximum absolute atomic E-state index is 11.5. The summed E-state index contributed by atoms with van der Waals surface area (Å²) in [6.45, 7) is 6.46. The van der Waals surface area contributed by atoms with Gasteiger partial charge in [0.1, 0.15) is 5.82 Å². The third kappa shape index (κ3) is 5.75. The maximum atomic E-state index is 11.5. The minimum absolute atomic E-state index is 0.0343. The largest absolute Gasteiger partial charge is 0.384 e. The molecular formula is C12H20N4O. The number of pyridine rings is 1. The van der Waals surface area contributed by atoms with Gasteiger partial charge in [-0.05, 0) is 26.8 Å². The van der Waals surface area contributed by atoms with Crippen molar-refractivity contribution in [2.45, 2.75) is 32.7 Å². The summed E-state index contributed by atoms with van der Waals surface area (Å²) in [6.07, 6.45) is 2.06. The van der Waals surface area contributed by atoms with Gasteiger partial charge in [-0.15, -0.1) is 0 Å². The molecule has 5 nitrogen and oxygen atoms in total. The zero-order valence-corrected chi connectivity index (χ0v) is 10.6. The zero-order chi connectivity index (χ0) is 12.9. The van der Waals surface area contributed by atoms with Gasteiger partial charge in [0.15, 0.2) is 0 Å². The molecule has 0 aliphatic heterocycles. The molecule has 0 aromatic carbocycles. The summed E-state index contributed by atoms with van der Waals surface area (Å²) >= 11 is 0. The zero-order valence-electron chi connectivity index (χ0n) is 10.6. The van der Waals surface area contributed by atoms with Crippen LogP contribution in [0.25, 0.3) is 0 Å². The van der Waals surface area contributed by atoms with E-state index in [4.69, 9.17) is 5.73 Å². The number of nitrogens with zero attached hydrogens (tertiary/aromatic N) is 1. The molecule has 0 aliphatic carbocycles. The summed E-state index contributed by atoms with van der Waals surface area (Å²) in [4.78, 5) is 15.4. The van der Waals surface area contributed by atoms with Crippen LogP contribution in [0.3, 0.4) is 0 Å².